The molecule has 35 heavy (non-hydrogen) atoms. The molecule has 11 heteroatoms. The van der Waals surface area contributed by atoms with Crippen molar-refractivity contribution in [2.45, 2.75) is 31.6 Å². The molecule has 182 valence electrons. The van der Waals surface area contributed by atoms with Gasteiger partial charge < -0.3 is 4.90 Å². The van der Waals surface area contributed by atoms with Crippen LogP contribution in [0.1, 0.15) is 24.0 Å². The first-order chi connectivity index (χ1) is 16.8. The van der Waals surface area contributed by atoms with Crippen molar-refractivity contribution >= 4 is 16.6 Å². The molecule has 8 nitrogen and oxygen atoms in total. The lowest BCUT2D eigenvalue weighted by Gasteiger charge is -2.37. The minimum Gasteiger partial charge on any atom is -0.354 e. The van der Waals surface area contributed by atoms with Crippen LogP contribution in [0.15, 0.2) is 48.9 Å². The maximum Gasteiger partial charge on any atom is 0.418 e. The van der Waals surface area contributed by atoms with Gasteiger partial charge in [0.05, 0.1) is 23.7 Å². The van der Waals surface area contributed by atoms with Gasteiger partial charge >= 0.3 is 6.18 Å². The Morgan fingerprint density at radius 1 is 1.00 bits per heavy atom. The third-order valence-electron chi connectivity index (χ3n) is 6.66. The first-order valence-corrected chi connectivity index (χ1v) is 11.4. The molecule has 1 aliphatic rings. The zero-order valence-corrected chi connectivity index (χ0v) is 19.4. The summed E-state index contributed by atoms with van der Waals surface area (Å²) in [5.74, 6) is 0.824. The lowest BCUT2D eigenvalue weighted by atomic mass is 10.0. The number of fused-ring (bicyclic) bond motifs is 1. The van der Waals surface area contributed by atoms with Gasteiger partial charge in [0, 0.05) is 55.3 Å². The molecule has 0 aliphatic carbocycles. The molecule has 0 amide bonds. The van der Waals surface area contributed by atoms with E-state index < -0.39 is 11.7 Å². The summed E-state index contributed by atoms with van der Waals surface area (Å²) in [4.78, 5) is 4.18. The van der Waals surface area contributed by atoms with Crippen molar-refractivity contribution in [3.05, 3.63) is 60.0 Å². The minimum atomic E-state index is -4.45. The van der Waals surface area contributed by atoms with Crippen LogP contribution < -0.4 is 4.90 Å². The molecule has 0 N–H and O–H groups in total. The maximum absolute atomic E-state index is 13.3. The number of aromatic nitrogens is 6. The Labute approximate surface area is 200 Å². The zero-order chi connectivity index (χ0) is 24.6. The lowest BCUT2D eigenvalue weighted by molar-refractivity contribution is -0.138. The summed E-state index contributed by atoms with van der Waals surface area (Å²) in [5.41, 5.74) is 1.09. The van der Waals surface area contributed by atoms with Gasteiger partial charge in [-0.05, 0) is 26.0 Å². The van der Waals surface area contributed by atoms with Gasteiger partial charge in [-0.25, -0.2) is 0 Å². The predicted molar refractivity (Wildman–Crippen MR) is 125 cm³/mol. The van der Waals surface area contributed by atoms with Gasteiger partial charge in [0.2, 0.25) is 0 Å². The van der Waals surface area contributed by atoms with E-state index >= 15 is 0 Å². The minimum absolute atomic E-state index is 0.139. The number of benzene rings is 1. The predicted octanol–water partition coefficient (Wildman–Crippen LogP) is 3.94. The summed E-state index contributed by atoms with van der Waals surface area (Å²) in [6, 6.07) is 10.1. The van der Waals surface area contributed by atoms with E-state index in [1.165, 1.54) is 6.20 Å². The Bertz CT molecular complexity index is 1330. The highest BCUT2D eigenvalue weighted by molar-refractivity contribution is 5.99. The number of anilines is 1. The fourth-order valence-electron chi connectivity index (χ4n) is 4.76. The number of nitrogens with zero attached hydrogens (tertiary/aromatic N) is 8. The molecular formula is C24H25F3N8. The van der Waals surface area contributed by atoms with E-state index in [-0.39, 0.29) is 18.2 Å². The molecule has 1 aromatic carbocycles. The van der Waals surface area contributed by atoms with Gasteiger partial charge in [-0.1, -0.05) is 24.3 Å². The van der Waals surface area contributed by atoms with Gasteiger partial charge in [0.25, 0.3) is 0 Å². The molecule has 0 atom stereocenters. The van der Waals surface area contributed by atoms with Gasteiger partial charge in [0.15, 0.2) is 5.82 Å². The van der Waals surface area contributed by atoms with Crippen LogP contribution in [0.5, 0.6) is 0 Å². The van der Waals surface area contributed by atoms with Gasteiger partial charge in [0.1, 0.15) is 5.69 Å². The van der Waals surface area contributed by atoms with Crippen molar-refractivity contribution in [3.8, 4) is 11.4 Å². The van der Waals surface area contributed by atoms with Crippen molar-refractivity contribution in [3.63, 3.8) is 0 Å². The largest absolute Gasteiger partial charge is 0.418 e. The molecule has 1 fully saturated rings. The second-order valence-corrected chi connectivity index (χ2v) is 8.82. The first kappa shape index (κ1) is 23.2. The standard InChI is InChI=1S/C24H25F3N8/c1-33(15-16-13-28-29-14-20(16)24(25,26)27)17-8-11-35(12-9-17)23-19-6-4-3-5-18(19)22(31-32-23)21-7-10-30-34(21)2/h3-7,10,13-14,17H,8-9,11-12,15H2,1-2H3. The number of aryl methyl sites for hydroxylation is 1. The summed E-state index contributed by atoms with van der Waals surface area (Å²) in [5, 5.41) is 22.5. The summed E-state index contributed by atoms with van der Waals surface area (Å²) < 4.78 is 41.8. The first-order valence-electron chi connectivity index (χ1n) is 11.4. The topological polar surface area (TPSA) is 75.9 Å². The Balaban J connectivity index is 1.33. The third-order valence-corrected chi connectivity index (χ3v) is 6.66. The Morgan fingerprint density at radius 3 is 2.40 bits per heavy atom. The van der Waals surface area contributed by atoms with Crippen LogP contribution in [0.3, 0.4) is 0 Å². The molecule has 0 radical (unpaired) electrons. The molecule has 1 aliphatic heterocycles. The summed E-state index contributed by atoms with van der Waals surface area (Å²) in [6.45, 7) is 1.64. The van der Waals surface area contributed by atoms with Crippen LogP contribution in [0, 0.1) is 0 Å². The fraction of sp³-hybridized carbons (Fsp3) is 0.375. The van der Waals surface area contributed by atoms with E-state index in [0.29, 0.717) is 0 Å². The Morgan fingerprint density at radius 2 is 1.71 bits per heavy atom. The average Bonchev–Trinajstić information content (AvgIpc) is 3.28. The van der Waals surface area contributed by atoms with E-state index in [1.54, 1.807) is 10.9 Å². The second kappa shape index (κ2) is 9.21. The lowest BCUT2D eigenvalue weighted by Crippen LogP contribution is -2.43. The summed E-state index contributed by atoms with van der Waals surface area (Å²) in [7, 11) is 3.74. The fourth-order valence-corrected chi connectivity index (χ4v) is 4.76. The number of hydrogen-bond acceptors (Lipinski definition) is 7. The van der Waals surface area contributed by atoms with Crippen LogP contribution in [0.2, 0.25) is 0 Å². The molecule has 3 aromatic heterocycles. The van der Waals surface area contributed by atoms with Crippen LogP contribution in [0.4, 0.5) is 19.0 Å². The quantitative estimate of drug-likeness (QED) is 0.427. The number of hydrogen-bond donors (Lipinski definition) is 0. The highest BCUT2D eigenvalue weighted by Crippen LogP contribution is 2.34. The smallest absolute Gasteiger partial charge is 0.354 e. The molecule has 0 bridgehead atoms. The number of piperidine rings is 1. The third kappa shape index (κ3) is 4.55. The van der Waals surface area contributed by atoms with Crippen molar-refractivity contribution < 1.29 is 13.2 Å². The van der Waals surface area contributed by atoms with Crippen molar-refractivity contribution in [2.24, 2.45) is 7.05 Å². The molecule has 4 aromatic rings. The second-order valence-electron chi connectivity index (χ2n) is 8.82. The normalized spacial score (nSPS) is 15.3. The summed E-state index contributed by atoms with van der Waals surface area (Å²) in [6.07, 6.45) is 0.897. The van der Waals surface area contributed by atoms with E-state index in [9.17, 15) is 13.2 Å². The summed E-state index contributed by atoms with van der Waals surface area (Å²) >= 11 is 0. The SMILES string of the molecule is CN(Cc1cnncc1C(F)(F)F)C1CCN(c2nnc(-c3ccnn3C)c3ccccc23)CC1. The van der Waals surface area contributed by atoms with E-state index in [4.69, 9.17) is 0 Å². The van der Waals surface area contributed by atoms with Gasteiger partial charge in [-0.3, -0.25) is 9.58 Å². The molecule has 0 saturated carbocycles. The van der Waals surface area contributed by atoms with Crippen LogP contribution >= 0.6 is 0 Å². The van der Waals surface area contributed by atoms with E-state index in [0.717, 1.165) is 60.1 Å². The highest BCUT2D eigenvalue weighted by atomic mass is 19.4. The number of halogens is 3. The molecule has 0 spiro atoms. The molecule has 5 rings (SSSR count). The number of alkyl halides is 3. The van der Waals surface area contributed by atoms with E-state index in [1.807, 2.05) is 49.3 Å². The van der Waals surface area contributed by atoms with Crippen molar-refractivity contribution in [1.29, 1.82) is 0 Å². The highest BCUT2D eigenvalue weighted by Gasteiger charge is 2.35. The monoisotopic (exact) mass is 482 g/mol. The Kier molecular flexibility index (Phi) is 6.10. The van der Waals surface area contributed by atoms with Gasteiger partial charge in [-0.2, -0.15) is 28.5 Å². The van der Waals surface area contributed by atoms with Crippen molar-refractivity contribution in [1.82, 2.24) is 35.1 Å². The van der Waals surface area contributed by atoms with Crippen LogP contribution in [0.25, 0.3) is 22.2 Å². The van der Waals surface area contributed by atoms with Crippen LogP contribution in [-0.4, -0.2) is 61.3 Å². The molecule has 0 unspecified atom stereocenters. The molecular weight excluding hydrogens is 457 g/mol. The van der Waals surface area contributed by atoms with E-state index in [2.05, 4.69) is 30.4 Å². The van der Waals surface area contributed by atoms with Crippen LogP contribution in [-0.2, 0) is 19.8 Å². The Hall–Kier alpha value is -3.60. The van der Waals surface area contributed by atoms with Crippen molar-refractivity contribution in [2.75, 3.05) is 25.0 Å². The molecule has 1 saturated heterocycles. The molecule has 4 heterocycles. The zero-order valence-electron chi connectivity index (χ0n) is 19.4. The number of rotatable bonds is 5. The average molecular weight is 483 g/mol. The maximum atomic E-state index is 13.3. The van der Waals surface area contributed by atoms with Gasteiger partial charge in [-0.15, -0.1) is 10.2 Å².